The molecule has 1 aromatic rings. The van der Waals surface area contributed by atoms with E-state index in [1.807, 2.05) is 6.92 Å². The summed E-state index contributed by atoms with van der Waals surface area (Å²) in [6.07, 6.45) is 0. The van der Waals surface area contributed by atoms with Crippen LogP contribution in [0.1, 0.15) is 30.9 Å². The molecular weight excluding hydrogens is 190 g/mol. The number of ether oxygens (including phenoxy) is 1. The number of nitrogens with one attached hydrogen (secondary N) is 1. The zero-order valence-corrected chi connectivity index (χ0v) is 10.1. The Morgan fingerprint density at radius 1 is 1.47 bits per heavy atom. The van der Waals surface area contributed by atoms with E-state index in [1.165, 1.54) is 0 Å². The predicted molar refractivity (Wildman–Crippen MR) is 60.7 cm³/mol. The molecule has 1 rings (SSSR count). The van der Waals surface area contributed by atoms with Crippen LogP contribution in [-0.4, -0.2) is 13.7 Å². The Labute approximate surface area is 91.8 Å². The third-order valence-electron chi connectivity index (χ3n) is 2.22. The van der Waals surface area contributed by atoms with Crippen molar-refractivity contribution in [3.05, 3.63) is 23.2 Å². The van der Waals surface area contributed by atoms with Gasteiger partial charge in [0, 0.05) is 12.7 Å². The van der Waals surface area contributed by atoms with E-state index in [0.29, 0.717) is 12.5 Å². The summed E-state index contributed by atoms with van der Waals surface area (Å²) in [6.45, 7) is 8.79. The Morgan fingerprint density at radius 3 is 2.80 bits per heavy atom. The molecule has 0 aliphatic heterocycles. The summed E-state index contributed by atoms with van der Waals surface area (Å²) >= 11 is 0. The molecule has 0 spiro atoms. The first-order valence-corrected chi connectivity index (χ1v) is 5.41. The lowest BCUT2D eigenvalue weighted by Crippen LogP contribution is -2.18. The maximum atomic E-state index is 5.61. The van der Waals surface area contributed by atoms with Gasteiger partial charge in [0.05, 0.1) is 13.2 Å². The smallest absolute Gasteiger partial charge is 0.118 e. The van der Waals surface area contributed by atoms with Crippen LogP contribution < -0.4 is 5.32 Å². The van der Waals surface area contributed by atoms with Gasteiger partial charge in [-0.3, -0.25) is 0 Å². The van der Waals surface area contributed by atoms with Crippen molar-refractivity contribution in [1.82, 2.24) is 5.32 Å². The number of rotatable bonds is 6. The van der Waals surface area contributed by atoms with Crippen molar-refractivity contribution in [3.8, 4) is 0 Å². The van der Waals surface area contributed by atoms with Crippen LogP contribution in [0, 0.1) is 12.8 Å². The average Bonchev–Trinajstić information content (AvgIpc) is 2.47. The van der Waals surface area contributed by atoms with Gasteiger partial charge >= 0.3 is 0 Å². The standard InChI is InChI=1S/C12H21NO2/c1-9(2)6-13-7-12-5-11(8-14-4)10(3)15-12/h5,9,13H,6-8H2,1-4H3. The van der Waals surface area contributed by atoms with Gasteiger partial charge in [0.15, 0.2) is 0 Å². The fraction of sp³-hybridized carbons (Fsp3) is 0.667. The minimum atomic E-state index is 0.625. The highest BCUT2D eigenvalue weighted by Crippen LogP contribution is 2.15. The molecule has 0 fully saturated rings. The summed E-state index contributed by atoms with van der Waals surface area (Å²) < 4.78 is 10.7. The number of furan rings is 1. The molecule has 1 aromatic heterocycles. The van der Waals surface area contributed by atoms with E-state index in [-0.39, 0.29) is 0 Å². The first-order chi connectivity index (χ1) is 7.13. The van der Waals surface area contributed by atoms with Crippen LogP contribution in [0.5, 0.6) is 0 Å². The van der Waals surface area contributed by atoms with Gasteiger partial charge < -0.3 is 14.5 Å². The largest absolute Gasteiger partial charge is 0.465 e. The molecule has 86 valence electrons. The Balaban J connectivity index is 2.44. The maximum Gasteiger partial charge on any atom is 0.118 e. The lowest BCUT2D eigenvalue weighted by Gasteiger charge is -2.04. The molecule has 1 heterocycles. The summed E-state index contributed by atoms with van der Waals surface area (Å²) in [4.78, 5) is 0. The minimum absolute atomic E-state index is 0.625. The van der Waals surface area contributed by atoms with Gasteiger partial charge in [0.1, 0.15) is 11.5 Å². The highest BCUT2D eigenvalue weighted by molar-refractivity contribution is 5.19. The van der Waals surface area contributed by atoms with E-state index >= 15 is 0 Å². The van der Waals surface area contributed by atoms with Crippen molar-refractivity contribution in [3.63, 3.8) is 0 Å². The number of hydrogen-bond donors (Lipinski definition) is 1. The quantitative estimate of drug-likeness (QED) is 0.785. The Hall–Kier alpha value is -0.800. The molecule has 3 nitrogen and oxygen atoms in total. The lowest BCUT2D eigenvalue weighted by molar-refractivity contribution is 0.183. The van der Waals surface area contributed by atoms with Crippen LogP contribution in [0.15, 0.2) is 10.5 Å². The Kier molecular flexibility index (Phi) is 4.85. The van der Waals surface area contributed by atoms with Crippen LogP contribution in [0.4, 0.5) is 0 Å². The first kappa shape index (κ1) is 12.3. The predicted octanol–water partition coefficient (Wildman–Crippen LogP) is 2.48. The molecule has 0 aliphatic rings. The van der Waals surface area contributed by atoms with Gasteiger partial charge in [0.25, 0.3) is 0 Å². The summed E-state index contributed by atoms with van der Waals surface area (Å²) in [5, 5.41) is 3.35. The molecule has 0 amide bonds. The molecule has 0 unspecified atom stereocenters. The summed E-state index contributed by atoms with van der Waals surface area (Å²) in [5.74, 6) is 2.61. The van der Waals surface area contributed by atoms with Crippen LogP contribution in [0.2, 0.25) is 0 Å². The Bertz CT molecular complexity index is 292. The second kappa shape index (κ2) is 5.93. The summed E-state index contributed by atoms with van der Waals surface area (Å²) in [5.41, 5.74) is 1.14. The molecule has 3 heteroatoms. The van der Waals surface area contributed by atoms with E-state index in [9.17, 15) is 0 Å². The molecule has 0 aromatic carbocycles. The molecule has 0 aliphatic carbocycles. The average molecular weight is 211 g/mol. The van der Waals surface area contributed by atoms with E-state index in [1.54, 1.807) is 7.11 Å². The molecule has 0 saturated carbocycles. The second-order valence-corrected chi connectivity index (χ2v) is 4.25. The van der Waals surface area contributed by atoms with Crippen molar-refractivity contribution in [2.45, 2.75) is 33.9 Å². The summed E-state index contributed by atoms with van der Waals surface area (Å²) in [7, 11) is 1.70. The van der Waals surface area contributed by atoms with E-state index in [0.717, 1.165) is 30.2 Å². The number of hydrogen-bond acceptors (Lipinski definition) is 3. The first-order valence-electron chi connectivity index (χ1n) is 5.41. The third-order valence-corrected chi connectivity index (χ3v) is 2.22. The van der Waals surface area contributed by atoms with Gasteiger partial charge in [-0.15, -0.1) is 0 Å². The van der Waals surface area contributed by atoms with Gasteiger partial charge in [-0.25, -0.2) is 0 Å². The zero-order valence-electron chi connectivity index (χ0n) is 10.1. The van der Waals surface area contributed by atoms with E-state index in [4.69, 9.17) is 9.15 Å². The van der Waals surface area contributed by atoms with E-state index in [2.05, 4.69) is 25.2 Å². The van der Waals surface area contributed by atoms with Crippen molar-refractivity contribution in [2.24, 2.45) is 5.92 Å². The molecule has 15 heavy (non-hydrogen) atoms. The molecule has 0 atom stereocenters. The van der Waals surface area contributed by atoms with Crippen molar-refractivity contribution < 1.29 is 9.15 Å². The molecule has 1 N–H and O–H groups in total. The Morgan fingerprint density at radius 2 is 2.20 bits per heavy atom. The minimum Gasteiger partial charge on any atom is -0.465 e. The van der Waals surface area contributed by atoms with Gasteiger partial charge in [-0.2, -0.15) is 0 Å². The normalized spacial score (nSPS) is 11.3. The van der Waals surface area contributed by atoms with Crippen molar-refractivity contribution >= 4 is 0 Å². The zero-order chi connectivity index (χ0) is 11.3. The highest BCUT2D eigenvalue weighted by atomic mass is 16.5. The maximum absolute atomic E-state index is 5.61. The third kappa shape index (κ3) is 4.06. The van der Waals surface area contributed by atoms with E-state index < -0.39 is 0 Å². The number of methoxy groups -OCH3 is 1. The van der Waals surface area contributed by atoms with Crippen LogP contribution in [0.25, 0.3) is 0 Å². The molecule has 0 bridgehead atoms. The summed E-state index contributed by atoms with van der Waals surface area (Å²) in [6, 6.07) is 2.06. The second-order valence-electron chi connectivity index (χ2n) is 4.25. The molecule has 0 radical (unpaired) electrons. The van der Waals surface area contributed by atoms with Crippen LogP contribution >= 0.6 is 0 Å². The molecular formula is C12H21NO2. The molecule has 0 saturated heterocycles. The van der Waals surface area contributed by atoms with Gasteiger partial charge in [-0.1, -0.05) is 13.8 Å². The van der Waals surface area contributed by atoms with Crippen molar-refractivity contribution in [1.29, 1.82) is 0 Å². The van der Waals surface area contributed by atoms with Crippen LogP contribution in [-0.2, 0) is 17.9 Å². The SMILES string of the molecule is COCc1cc(CNCC(C)C)oc1C. The number of aryl methyl sites for hydroxylation is 1. The topological polar surface area (TPSA) is 34.4 Å². The monoisotopic (exact) mass is 211 g/mol. The van der Waals surface area contributed by atoms with Gasteiger partial charge in [-0.05, 0) is 25.5 Å². The van der Waals surface area contributed by atoms with Crippen molar-refractivity contribution in [2.75, 3.05) is 13.7 Å². The highest BCUT2D eigenvalue weighted by Gasteiger charge is 2.06. The lowest BCUT2D eigenvalue weighted by atomic mass is 10.2. The fourth-order valence-corrected chi connectivity index (χ4v) is 1.46. The fourth-order valence-electron chi connectivity index (χ4n) is 1.46. The van der Waals surface area contributed by atoms with Gasteiger partial charge in [0.2, 0.25) is 0 Å². The van der Waals surface area contributed by atoms with Crippen LogP contribution in [0.3, 0.4) is 0 Å².